The van der Waals surface area contributed by atoms with Gasteiger partial charge in [0, 0.05) is 18.6 Å². The van der Waals surface area contributed by atoms with Crippen LogP contribution in [-0.2, 0) is 9.84 Å². The summed E-state index contributed by atoms with van der Waals surface area (Å²) < 4.78 is 35.2. The maximum atomic E-state index is 13.3. The van der Waals surface area contributed by atoms with E-state index >= 15 is 0 Å². The summed E-state index contributed by atoms with van der Waals surface area (Å²) in [5, 5.41) is 3.03. The van der Waals surface area contributed by atoms with E-state index in [-0.39, 0.29) is 16.5 Å². The molecule has 96 valence electrons. The predicted molar refractivity (Wildman–Crippen MR) is 66.6 cm³/mol. The molecule has 17 heavy (non-hydrogen) atoms. The van der Waals surface area contributed by atoms with E-state index in [2.05, 4.69) is 15.3 Å². The molecule has 0 aliphatic rings. The molecule has 0 saturated carbocycles. The topological polar surface area (TPSA) is 72.0 Å². The average molecular weight is 279 g/mol. The SMILES string of the molecule is CCNc1ncc(F)c(SCCS(C)(=O)=O)n1. The van der Waals surface area contributed by atoms with Crippen LogP contribution in [0.4, 0.5) is 10.3 Å². The van der Waals surface area contributed by atoms with Crippen LogP contribution < -0.4 is 5.32 Å². The molecule has 8 heteroatoms. The second-order valence-electron chi connectivity index (χ2n) is 3.36. The Balaban J connectivity index is 2.66. The Hall–Kier alpha value is -0.890. The molecule has 0 aliphatic carbocycles. The third kappa shape index (κ3) is 5.31. The molecular weight excluding hydrogens is 265 g/mol. The number of sulfone groups is 1. The first-order valence-corrected chi connectivity index (χ1v) is 8.04. The van der Waals surface area contributed by atoms with Gasteiger partial charge in [-0.25, -0.2) is 22.8 Å². The van der Waals surface area contributed by atoms with Crippen LogP contribution in [0.25, 0.3) is 0 Å². The normalized spacial score (nSPS) is 11.5. The van der Waals surface area contributed by atoms with Crippen LogP contribution in [-0.4, -0.2) is 42.7 Å². The Bertz CT molecular complexity index is 479. The van der Waals surface area contributed by atoms with Gasteiger partial charge >= 0.3 is 0 Å². The fraction of sp³-hybridized carbons (Fsp3) is 0.556. The molecule has 1 heterocycles. The number of nitrogens with one attached hydrogen (secondary N) is 1. The monoisotopic (exact) mass is 279 g/mol. The summed E-state index contributed by atoms with van der Waals surface area (Å²) in [4.78, 5) is 7.71. The van der Waals surface area contributed by atoms with Crippen LogP contribution in [0.5, 0.6) is 0 Å². The van der Waals surface area contributed by atoms with Gasteiger partial charge in [-0.05, 0) is 6.92 Å². The van der Waals surface area contributed by atoms with Gasteiger partial charge in [-0.2, -0.15) is 0 Å². The minimum atomic E-state index is -3.03. The molecule has 0 atom stereocenters. The fourth-order valence-electron chi connectivity index (χ4n) is 0.986. The predicted octanol–water partition coefficient (Wildman–Crippen LogP) is 1.18. The van der Waals surface area contributed by atoms with Crippen molar-refractivity contribution >= 4 is 27.5 Å². The first-order valence-electron chi connectivity index (χ1n) is 4.99. The second kappa shape index (κ2) is 6.15. The van der Waals surface area contributed by atoms with Crippen LogP contribution in [0, 0.1) is 5.82 Å². The van der Waals surface area contributed by atoms with E-state index in [0.29, 0.717) is 12.5 Å². The molecule has 0 aliphatic heterocycles. The Morgan fingerprint density at radius 2 is 2.24 bits per heavy atom. The zero-order chi connectivity index (χ0) is 12.9. The fourth-order valence-corrected chi connectivity index (χ4v) is 3.07. The van der Waals surface area contributed by atoms with Crippen molar-refractivity contribution in [2.45, 2.75) is 11.9 Å². The lowest BCUT2D eigenvalue weighted by Crippen LogP contribution is -2.07. The highest BCUT2D eigenvalue weighted by atomic mass is 32.2. The molecule has 5 nitrogen and oxygen atoms in total. The number of nitrogens with zero attached hydrogens (tertiary/aromatic N) is 2. The standard InChI is InChI=1S/C9H14FN3O2S2/c1-3-11-9-12-6-7(10)8(13-9)16-4-5-17(2,14)15/h6H,3-5H2,1-2H3,(H,11,12,13). The molecule has 0 radical (unpaired) electrons. The summed E-state index contributed by atoms with van der Waals surface area (Å²) in [5.41, 5.74) is 0. The molecule has 1 aromatic heterocycles. The quantitative estimate of drug-likeness (QED) is 0.623. The van der Waals surface area contributed by atoms with Crippen LogP contribution in [0.15, 0.2) is 11.2 Å². The third-order valence-corrected chi connectivity index (χ3v) is 3.91. The minimum absolute atomic E-state index is 0.00233. The van der Waals surface area contributed by atoms with Crippen molar-refractivity contribution in [3.05, 3.63) is 12.0 Å². The lowest BCUT2D eigenvalue weighted by atomic mass is 10.6. The van der Waals surface area contributed by atoms with Crippen molar-refractivity contribution in [3.8, 4) is 0 Å². The highest BCUT2D eigenvalue weighted by Gasteiger charge is 2.09. The maximum Gasteiger partial charge on any atom is 0.223 e. The molecule has 0 saturated heterocycles. The van der Waals surface area contributed by atoms with E-state index in [1.807, 2.05) is 6.92 Å². The number of anilines is 1. The smallest absolute Gasteiger partial charge is 0.223 e. The molecule has 1 N–H and O–H groups in total. The molecule has 0 fully saturated rings. The summed E-state index contributed by atoms with van der Waals surface area (Å²) in [7, 11) is -3.03. The van der Waals surface area contributed by atoms with Crippen molar-refractivity contribution in [1.29, 1.82) is 0 Å². The first-order chi connectivity index (χ1) is 7.92. The zero-order valence-electron chi connectivity index (χ0n) is 9.60. The van der Waals surface area contributed by atoms with Crippen molar-refractivity contribution in [2.75, 3.05) is 29.6 Å². The Morgan fingerprint density at radius 3 is 2.82 bits per heavy atom. The molecule has 1 aromatic rings. The van der Waals surface area contributed by atoms with Gasteiger partial charge in [-0.15, -0.1) is 11.8 Å². The summed E-state index contributed by atoms with van der Waals surface area (Å²) in [6.45, 7) is 2.52. The second-order valence-corrected chi connectivity index (χ2v) is 6.70. The highest BCUT2D eigenvalue weighted by molar-refractivity contribution is 8.00. The van der Waals surface area contributed by atoms with E-state index < -0.39 is 15.7 Å². The molecule has 0 bridgehead atoms. The summed E-state index contributed by atoms with van der Waals surface area (Å²) in [6, 6.07) is 0. The van der Waals surface area contributed by atoms with E-state index in [0.717, 1.165) is 24.2 Å². The van der Waals surface area contributed by atoms with Crippen LogP contribution in [0.1, 0.15) is 6.92 Å². The molecule has 1 rings (SSSR count). The van der Waals surface area contributed by atoms with Gasteiger partial charge in [0.25, 0.3) is 0 Å². The van der Waals surface area contributed by atoms with Gasteiger partial charge in [0.2, 0.25) is 5.95 Å². The number of rotatable bonds is 6. The molecular formula is C9H14FN3O2S2. The lowest BCUT2D eigenvalue weighted by Gasteiger charge is -2.05. The van der Waals surface area contributed by atoms with Crippen LogP contribution >= 0.6 is 11.8 Å². The third-order valence-electron chi connectivity index (χ3n) is 1.74. The number of hydrogen-bond acceptors (Lipinski definition) is 6. The van der Waals surface area contributed by atoms with Gasteiger partial charge < -0.3 is 5.32 Å². The number of aromatic nitrogens is 2. The van der Waals surface area contributed by atoms with Crippen molar-refractivity contribution < 1.29 is 12.8 Å². The van der Waals surface area contributed by atoms with E-state index in [1.54, 1.807) is 0 Å². The van der Waals surface area contributed by atoms with Gasteiger partial charge in [0.1, 0.15) is 14.9 Å². The van der Waals surface area contributed by atoms with Crippen molar-refractivity contribution in [1.82, 2.24) is 9.97 Å². The average Bonchev–Trinajstić information content (AvgIpc) is 2.21. The minimum Gasteiger partial charge on any atom is -0.354 e. The zero-order valence-corrected chi connectivity index (χ0v) is 11.2. The number of halogens is 1. The largest absolute Gasteiger partial charge is 0.354 e. The van der Waals surface area contributed by atoms with Crippen LogP contribution in [0.2, 0.25) is 0 Å². The van der Waals surface area contributed by atoms with Crippen LogP contribution in [0.3, 0.4) is 0 Å². The van der Waals surface area contributed by atoms with Gasteiger partial charge in [-0.1, -0.05) is 0 Å². The van der Waals surface area contributed by atoms with Gasteiger partial charge in [-0.3, -0.25) is 0 Å². The highest BCUT2D eigenvalue weighted by Crippen LogP contribution is 2.19. The maximum absolute atomic E-state index is 13.3. The number of hydrogen-bond donors (Lipinski definition) is 1. The summed E-state index contributed by atoms with van der Waals surface area (Å²) in [5.74, 6) is 0.0802. The van der Waals surface area contributed by atoms with Gasteiger partial charge in [0.05, 0.1) is 11.9 Å². The summed E-state index contributed by atoms with van der Waals surface area (Å²) in [6.07, 6.45) is 2.22. The Kier molecular flexibility index (Phi) is 5.13. The van der Waals surface area contributed by atoms with Crippen molar-refractivity contribution in [3.63, 3.8) is 0 Å². The Labute approximate surface area is 104 Å². The Morgan fingerprint density at radius 1 is 1.53 bits per heavy atom. The van der Waals surface area contributed by atoms with Gasteiger partial charge in [0.15, 0.2) is 5.82 Å². The lowest BCUT2D eigenvalue weighted by molar-refractivity contribution is 0.579. The molecule has 0 unspecified atom stereocenters. The summed E-state index contributed by atoms with van der Waals surface area (Å²) >= 11 is 1.07. The first kappa shape index (κ1) is 14.2. The van der Waals surface area contributed by atoms with E-state index in [1.165, 1.54) is 0 Å². The van der Waals surface area contributed by atoms with Crippen molar-refractivity contribution in [2.24, 2.45) is 0 Å². The van der Waals surface area contributed by atoms with E-state index in [9.17, 15) is 12.8 Å². The molecule has 0 spiro atoms. The van der Waals surface area contributed by atoms with E-state index in [4.69, 9.17) is 0 Å². The number of thioether (sulfide) groups is 1. The molecule has 0 aromatic carbocycles. The molecule has 0 amide bonds.